The summed E-state index contributed by atoms with van der Waals surface area (Å²) in [5, 5.41) is 14.3. The molecular weight excluding hydrogens is 230 g/mol. The molecule has 0 spiro atoms. The van der Waals surface area contributed by atoms with Gasteiger partial charge in [-0.1, -0.05) is 32.6 Å². The first-order valence-corrected chi connectivity index (χ1v) is 7.74. The van der Waals surface area contributed by atoms with E-state index in [0.717, 1.165) is 24.0 Å². The number of aromatic nitrogens is 2. The molecule has 0 aromatic carbocycles. The van der Waals surface area contributed by atoms with Gasteiger partial charge in [-0.15, -0.1) is 21.5 Å². The summed E-state index contributed by atoms with van der Waals surface area (Å²) >= 11 is 1.78. The predicted molar refractivity (Wildman–Crippen MR) is 72.2 cm³/mol. The van der Waals surface area contributed by atoms with Gasteiger partial charge in [-0.25, -0.2) is 0 Å². The van der Waals surface area contributed by atoms with Crippen molar-refractivity contribution in [3.05, 3.63) is 10.0 Å². The average Bonchev–Trinajstić information content (AvgIpc) is 3.06. The van der Waals surface area contributed by atoms with E-state index in [2.05, 4.69) is 22.4 Å². The normalized spacial score (nSPS) is 15.4. The standard InChI is InChI=1S/C13H23N3S/c1-2-3-4-5-6-7-12-15-16-13(17-12)10-14-11-8-9-11/h11,14H,2-10H2,1H3. The Hall–Kier alpha value is -0.480. The van der Waals surface area contributed by atoms with Gasteiger partial charge in [0.2, 0.25) is 0 Å². The maximum absolute atomic E-state index is 4.26. The minimum absolute atomic E-state index is 0.761. The molecule has 96 valence electrons. The third-order valence-electron chi connectivity index (χ3n) is 3.12. The van der Waals surface area contributed by atoms with Gasteiger partial charge in [0.05, 0.1) is 0 Å². The van der Waals surface area contributed by atoms with Crippen LogP contribution < -0.4 is 5.32 Å². The Morgan fingerprint density at radius 3 is 2.65 bits per heavy atom. The zero-order chi connectivity index (χ0) is 11.9. The highest BCUT2D eigenvalue weighted by molar-refractivity contribution is 7.11. The zero-order valence-corrected chi connectivity index (χ0v) is 11.6. The predicted octanol–water partition coefficient (Wildman–Crippen LogP) is 3.30. The van der Waals surface area contributed by atoms with Crippen molar-refractivity contribution in [1.29, 1.82) is 0 Å². The lowest BCUT2D eigenvalue weighted by molar-refractivity contribution is 0.629. The van der Waals surface area contributed by atoms with Gasteiger partial charge < -0.3 is 5.32 Å². The summed E-state index contributed by atoms with van der Waals surface area (Å²) in [6, 6.07) is 0.761. The van der Waals surface area contributed by atoms with Crippen LogP contribution >= 0.6 is 11.3 Å². The van der Waals surface area contributed by atoms with Gasteiger partial charge in [-0.3, -0.25) is 0 Å². The lowest BCUT2D eigenvalue weighted by Crippen LogP contribution is -2.14. The van der Waals surface area contributed by atoms with Crippen molar-refractivity contribution in [3.8, 4) is 0 Å². The Kier molecular flexibility index (Phi) is 5.39. The van der Waals surface area contributed by atoms with Crippen LogP contribution in [0.3, 0.4) is 0 Å². The topological polar surface area (TPSA) is 37.8 Å². The monoisotopic (exact) mass is 253 g/mol. The molecular formula is C13H23N3S. The van der Waals surface area contributed by atoms with Crippen LogP contribution in [-0.4, -0.2) is 16.2 Å². The first-order chi connectivity index (χ1) is 8.38. The minimum atomic E-state index is 0.761. The van der Waals surface area contributed by atoms with Crippen molar-refractivity contribution in [3.63, 3.8) is 0 Å². The van der Waals surface area contributed by atoms with Crippen LogP contribution in [0.4, 0.5) is 0 Å². The molecule has 0 saturated heterocycles. The summed E-state index contributed by atoms with van der Waals surface area (Å²) in [5.41, 5.74) is 0. The molecule has 1 fully saturated rings. The summed E-state index contributed by atoms with van der Waals surface area (Å²) < 4.78 is 0. The van der Waals surface area contributed by atoms with E-state index in [1.165, 1.54) is 50.0 Å². The van der Waals surface area contributed by atoms with Crippen LogP contribution in [0, 0.1) is 0 Å². The second kappa shape index (κ2) is 7.07. The Labute approximate surface area is 108 Å². The first kappa shape index (κ1) is 13.0. The Morgan fingerprint density at radius 2 is 1.88 bits per heavy atom. The molecule has 17 heavy (non-hydrogen) atoms. The van der Waals surface area contributed by atoms with Crippen molar-refractivity contribution in [1.82, 2.24) is 15.5 Å². The number of aryl methyl sites for hydroxylation is 1. The van der Waals surface area contributed by atoms with E-state index >= 15 is 0 Å². The van der Waals surface area contributed by atoms with Crippen LogP contribution in [0.1, 0.15) is 61.9 Å². The minimum Gasteiger partial charge on any atom is -0.308 e. The van der Waals surface area contributed by atoms with Crippen LogP contribution in [0.15, 0.2) is 0 Å². The van der Waals surface area contributed by atoms with Gasteiger partial charge in [0.25, 0.3) is 0 Å². The smallest absolute Gasteiger partial charge is 0.131 e. The van der Waals surface area contributed by atoms with Crippen LogP contribution in [0.2, 0.25) is 0 Å². The number of nitrogens with one attached hydrogen (secondary N) is 1. The quantitative estimate of drug-likeness (QED) is 0.686. The van der Waals surface area contributed by atoms with Crippen LogP contribution in [0.5, 0.6) is 0 Å². The van der Waals surface area contributed by atoms with Gasteiger partial charge in [-0.05, 0) is 19.3 Å². The van der Waals surface area contributed by atoms with Gasteiger partial charge >= 0.3 is 0 Å². The molecule has 1 heterocycles. The zero-order valence-electron chi connectivity index (χ0n) is 10.7. The highest BCUT2D eigenvalue weighted by Gasteiger charge is 2.20. The summed E-state index contributed by atoms with van der Waals surface area (Å²) in [5.74, 6) is 0. The number of rotatable bonds is 9. The Morgan fingerprint density at radius 1 is 1.12 bits per heavy atom. The fourth-order valence-electron chi connectivity index (χ4n) is 1.86. The molecule has 0 bridgehead atoms. The number of unbranched alkanes of at least 4 members (excludes halogenated alkanes) is 4. The highest BCUT2D eigenvalue weighted by atomic mass is 32.1. The van der Waals surface area contributed by atoms with Gasteiger partial charge in [0.1, 0.15) is 10.0 Å². The molecule has 2 rings (SSSR count). The molecule has 0 radical (unpaired) electrons. The van der Waals surface area contributed by atoms with Crippen molar-refractivity contribution in [2.45, 2.75) is 70.9 Å². The first-order valence-electron chi connectivity index (χ1n) is 6.93. The SMILES string of the molecule is CCCCCCCc1nnc(CNC2CC2)s1. The number of nitrogens with zero attached hydrogens (tertiary/aromatic N) is 2. The van der Waals surface area contributed by atoms with Crippen molar-refractivity contribution in [2.24, 2.45) is 0 Å². The van der Waals surface area contributed by atoms with Crippen LogP contribution in [-0.2, 0) is 13.0 Å². The molecule has 0 aliphatic heterocycles. The molecule has 1 aliphatic rings. The molecule has 3 nitrogen and oxygen atoms in total. The maximum Gasteiger partial charge on any atom is 0.131 e. The summed E-state index contributed by atoms with van der Waals surface area (Å²) in [6.07, 6.45) is 10.4. The lowest BCUT2D eigenvalue weighted by Gasteiger charge is -1.97. The molecule has 1 aliphatic carbocycles. The molecule has 1 aromatic heterocycles. The van der Waals surface area contributed by atoms with Gasteiger partial charge in [0, 0.05) is 19.0 Å². The maximum atomic E-state index is 4.26. The van der Waals surface area contributed by atoms with E-state index in [0.29, 0.717) is 0 Å². The van der Waals surface area contributed by atoms with E-state index in [4.69, 9.17) is 0 Å². The fourth-order valence-corrected chi connectivity index (χ4v) is 2.70. The van der Waals surface area contributed by atoms with E-state index < -0.39 is 0 Å². The lowest BCUT2D eigenvalue weighted by atomic mass is 10.1. The number of hydrogen-bond acceptors (Lipinski definition) is 4. The van der Waals surface area contributed by atoms with E-state index in [9.17, 15) is 0 Å². The fraction of sp³-hybridized carbons (Fsp3) is 0.846. The third kappa shape index (κ3) is 5.13. The van der Waals surface area contributed by atoms with Gasteiger partial charge in [-0.2, -0.15) is 0 Å². The highest BCUT2D eigenvalue weighted by Crippen LogP contribution is 2.20. The Balaban J connectivity index is 1.59. The molecule has 0 atom stereocenters. The molecule has 0 unspecified atom stereocenters. The summed E-state index contributed by atoms with van der Waals surface area (Å²) in [6.45, 7) is 3.17. The van der Waals surface area contributed by atoms with Crippen molar-refractivity contribution < 1.29 is 0 Å². The van der Waals surface area contributed by atoms with E-state index in [-0.39, 0.29) is 0 Å². The van der Waals surface area contributed by atoms with E-state index in [1.54, 1.807) is 11.3 Å². The molecule has 0 amide bonds. The third-order valence-corrected chi connectivity index (χ3v) is 4.11. The summed E-state index contributed by atoms with van der Waals surface area (Å²) in [4.78, 5) is 0. The molecule has 1 N–H and O–H groups in total. The van der Waals surface area contributed by atoms with E-state index in [1.807, 2.05) is 0 Å². The van der Waals surface area contributed by atoms with Crippen molar-refractivity contribution >= 4 is 11.3 Å². The number of hydrogen-bond donors (Lipinski definition) is 1. The average molecular weight is 253 g/mol. The van der Waals surface area contributed by atoms with Crippen molar-refractivity contribution in [2.75, 3.05) is 0 Å². The molecule has 1 aromatic rings. The van der Waals surface area contributed by atoms with Gasteiger partial charge in [0.15, 0.2) is 0 Å². The second-order valence-corrected chi connectivity index (χ2v) is 6.06. The Bertz CT molecular complexity index is 320. The van der Waals surface area contributed by atoms with Crippen LogP contribution in [0.25, 0.3) is 0 Å². The summed E-state index contributed by atoms with van der Waals surface area (Å²) in [7, 11) is 0. The largest absolute Gasteiger partial charge is 0.308 e. The molecule has 1 saturated carbocycles. The second-order valence-electron chi connectivity index (χ2n) is 4.91. The molecule has 4 heteroatoms.